The van der Waals surface area contributed by atoms with Crippen LogP contribution in [0.5, 0.6) is 0 Å². The van der Waals surface area contributed by atoms with Crippen molar-refractivity contribution in [1.82, 2.24) is 0 Å². The van der Waals surface area contributed by atoms with Crippen molar-refractivity contribution in [2.45, 2.75) is 18.9 Å². The molecule has 0 fully saturated rings. The first-order chi connectivity index (χ1) is 11.4. The van der Waals surface area contributed by atoms with Crippen molar-refractivity contribution >= 4 is 50.1 Å². The molecule has 25 heavy (non-hydrogen) atoms. The molecule has 1 N–H and O–H groups in total. The molecule has 2 rings (SSSR count). The highest BCUT2D eigenvalue weighted by molar-refractivity contribution is 8.23. The molecule has 3 nitrogen and oxygen atoms in total. The quantitative estimate of drug-likeness (QED) is 0.352. The van der Waals surface area contributed by atoms with Gasteiger partial charge in [-0.05, 0) is 29.5 Å². The van der Waals surface area contributed by atoms with Crippen LogP contribution in [-0.4, -0.2) is 34.2 Å². The first-order valence-electron chi connectivity index (χ1n) is 7.05. The molecule has 0 saturated carbocycles. The normalized spacial score (nSPS) is 15.9. The molecule has 0 atom stereocenters. The third-order valence-corrected chi connectivity index (χ3v) is 6.10. The third-order valence-electron chi connectivity index (χ3n) is 2.83. The minimum absolute atomic E-state index is 1.07. The smallest absolute Gasteiger partial charge is 0.279 e. The van der Waals surface area contributed by atoms with Gasteiger partial charge in [-0.15, -0.1) is 0 Å². The third kappa shape index (κ3) is 7.31. The van der Waals surface area contributed by atoms with Crippen molar-refractivity contribution in [3.05, 3.63) is 46.4 Å². The summed E-state index contributed by atoms with van der Waals surface area (Å²) in [6, 6.07) is 6.54. The Kier molecular flexibility index (Phi) is 7.86. The van der Waals surface area contributed by atoms with Gasteiger partial charge in [-0.25, -0.2) is 0 Å². The molecule has 0 aromatic heterocycles. The highest BCUT2D eigenvalue weighted by atomic mass is 32.2. The van der Waals surface area contributed by atoms with Crippen LogP contribution < -0.4 is 10.4 Å². The molecule has 1 aliphatic rings. The molecular weight excluding hydrogens is 393 g/mol. The van der Waals surface area contributed by atoms with Gasteiger partial charge < -0.3 is 0 Å². The van der Waals surface area contributed by atoms with Crippen LogP contribution in [0.2, 0.25) is 0 Å². The fourth-order valence-corrected chi connectivity index (χ4v) is 4.29. The second-order valence-electron chi connectivity index (χ2n) is 5.16. The highest BCUT2D eigenvalue weighted by Crippen LogP contribution is 2.20. The number of halogens is 3. The summed E-state index contributed by atoms with van der Waals surface area (Å²) in [4.78, 5) is 0. The molecule has 0 saturated heterocycles. The molecule has 0 radical (unpaired) electrons. The van der Waals surface area contributed by atoms with Gasteiger partial charge >= 0.3 is 15.6 Å². The molecule has 138 valence electrons. The van der Waals surface area contributed by atoms with Gasteiger partial charge in [0.25, 0.3) is 4.20 Å². The second kappa shape index (κ2) is 8.98. The van der Waals surface area contributed by atoms with Crippen LogP contribution in [0.25, 0.3) is 12.7 Å². The fraction of sp³-hybridized carbons (Fsp3) is 0.312. The number of hydrogen-bond donors (Lipinski definition) is 1. The zero-order valence-corrected chi connectivity index (χ0v) is 15.9. The largest absolute Gasteiger partial charge is 0.522 e. The average Bonchev–Trinajstić information content (AvgIpc) is 2.48. The SMILES string of the molecule is C=C(C)/C=c1/ccc(C2=[S+]CCCS2)cc1=C.O=S(=O)(O)C(F)(F)F. The predicted molar refractivity (Wildman–Crippen MR) is 102 cm³/mol. The summed E-state index contributed by atoms with van der Waals surface area (Å²) in [6.07, 6.45) is 3.40. The lowest BCUT2D eigenvalue weighted by Crippen LogP contribution is -2.24. The second-order valence-corrected chi connectivity index (χ2v) is 9.04. The Morgan fingerprint density at radius 1 is 1.40 bits per heavy atom. The van der Waals surface area contributed by atoms with E-state index in [1.165, 1.54) is 32.9 Å². The Morgan fingerprint density at radius 2 is 2.00 bits per heavy atom. The zero-order chi connectivity index (χ0) is 19.3. The minimum Gasteiger partial charge on any atom is -0.279 e. The molecule has 1 heterocycles. The van der Waals surface area contributed by atoms with Crippen molar-refractivity contribution in [1.29, 1.82) is 0 Å². The lowest BCUT2D eigenvalue weighted by atomic mass is 10.1. The van der Waals surface area contributed by atoms with Crippen LogP contribution in [0.1, 0.15) is 18.9 Å². The average molecular weight is 412 g/mol. The van der Waals surface area contributed by atoms with Gasteiger partial charge in [-0.2, -0.15) is 21.6 Å². The molecule has 0 unspecified atom stereocenters. The Labute approximate surface area is 153 Å². The van der Waals surface area contributed by atoms with Crippen LogP contribution in [0.15, 0.2) is 30.4 Å². The summed E-state index contributed by atoms with van der Waals surface area (Å²) >= 11 is 3.94. The van der Waals surface area contributed by atoms with Crippen molar-refractivity contribution in [2.24, 2.45) is 0 Å². The van der Waals surface area contributed by atoms with Gasteiger partial charge in [0, 0.05) is 17.7 Å². The Bertz CT molecular complexity index is 872. The molecular formula is C16H18F3O3S3+. The van der Waals surface area contributed by atoms with E-state index in [1.807, 2.05) is 30.0 Å². The first-order valence-corrected chi connectivity index (χ1v) is 10.5. The number of benzene rings is 1. The number of thioether (sulfide) groups is 1. The van der Waals surface area contributed by atoms with E-state index in [1.54, 1.807) is 0 Å². The molecule has 1 aromatic carbocycles. The predicted octanol–water partition coefficient (Wildman–Crippen LogP) is 2.55. The summed E-state index contributed by atoms with van der Waals surface area (Å²) in [5, 5.41) is 2.26. The van der Waals surface area contributed by atoms with Crippen LogP contribution in [0.4, 0.5) is 13.2 Å². The van der Waals surface area contributed by atoms with Crippen LogP contribution in [-0.2, 0) is 21.5 Å². The summed E-state index contributed by atoms with van der Waals surface area (Å²) in [7, 11) is -5.84. The zero-order valence-electron chi connectivity index (χ0n) is 13.5. The van der Waals surface area contributed by atoms with E-state index in [0.717, 1.165) is 10.8 Å². The number of allylic oxidation sites excluding steroid dienone is 1. The van der Waals surface area contributed by atoms with Gasteiger partial charge in [0.2, 0.25) is 0 Å². The lowest BCUT2D eigenvalue weighted by Gasteiger charge is -2.02. The molecule has 9 heteroatoms. The Morgan fingerprint density at radius 3 is 2.40 bits per heavy atom. The van der Waals surface area contributed by atoms with Crippen LogP contribution in [0.3, 0.4) is 0 Å². The summed E-state index contributed by atoms with van der Waals surface area (Å²) in [5.74, 6) is 2.49. The first kappa shape index (κ1) is 21.9. The monoisotopic (exact) mass is 411 g/mol. The highest BCUT2D eigenvalue weighted by Gasteiger charge is 2.44. The maximum absolute atomic E-state index is 10.7. The van der Waals surface area contributed by atoms with E-state index in [9.17, 15) is 13.2 Å². The molecule has 0 bridgehead atoms. The molecule has 0 aliphatic carbocycles. The summed E-state index contributed by atoms with van der Waals surface area (Å²) in [5.41, 5.74) is -3.15. The van der Waals surface area contributed by atoms with Crippen molar-refractivity contribution < 1.29 is 26.1 Å². The number of hydrogen-bond acceptors (Lipinski definition) is 3. The van der Waals surface area contributed by atoms with E-state index in [0.29, 0.717) is 0 Å². The van der Waals surface area contributed by atoms with Crippen molar-refractivity contribution in [3.8, 4) is 0 Å². The maximum Gasteiger partial charge on any atom is 0.522 e. The fourth-order valence-electron chi connectivity index (χ4n) is 1.74. The van der Waals surface area contributed by atoms with E-state index < -0.39 is 15.6 Å². The molecule has 1 aliphatic heterocycles. The number of alkyl halides is 3. The Balaban J connectivity index is 0.000000333. The van der Waals surface area contributed by atoms with Gasteiger partial charge in [0.1, 0.15) is 0 Å². The summed E-state index contributed by atoms with van der Waals surface area (Å²) < 4.78 is 59.0. The van der Waals surface area contributed by atoms with Crippen LogP contribution >= 0.6 is 11.8 Å². The van der Waals surface area contributed by atoms with E-state index in [-0.39, 0.29) is 0 Å². The van der Waals surface area contributed by atoms with Crippen LogP contribution in [0, 0.1) is 0 Å². The molecule has 0 amide bonds. The van der Waals surface area contributed by atoms with E-state index in [4.69, 9.17) is 13.0 Å². The molecule has 0 spiro atoms. The minimum atomic E-state index is -5.84. The topological polar surface area (TPSA) is 54.4 Å². The Hall–Kier alpha value is -1.16. The molecule has 1 aromatic rings. The number of rotatable bonds is 2. The van der Waals surface area contributed by atoms with Gasteiger partial charge in [-0.3, -0.25) is 4.55 Å². The standard InChI is InChI=1S/C15H17S2.CHF3O3S/c1-11(2)9-13-5-6-14(10-12(13)3)15-16-7-4-8-17-15;2-1(3,4)8(5,6)7/h5-6,9-10H,1,3-4,7-8H2,2H3;(H,5,6,7)/q+1;/b13-9-;. The van der Waals surface area contributed by atoms with Gasteiger partial charge in [-0.1, -0.05) is 42.6 Å². The van der Waals surface area contributed by atoms with Gasteiger partial charge in [0.05, 0.1) is 0 Å². The van der Waals surface area contributed by atoms with Gasteiger partial charge in [0.15, 0.2) is 17.1 Å². The maximum atomic E-state index is 10.7. The van der Waals surface area contributed by atoms with Crippen molar-refractivity contribution in [2.75, 3.05) is 11.5 Å². The summed E-state index contributed by atoms with van der Waals surface area (Å²) in [6.45, 7) is 10.0. The van der Waals surface area contributed by atoms with E-state index in [2.05, 4.69) is 37.4 Å². The van der Waals surface area contributed by atoms with Crippen molar-refractivity contribution in [3.63, 3.8) is 0 Å². The lowest BCUT2D eigenvalue weighted by molar-refractivity contribution is -0.0510. The van der Waals surface area contributed by atoms with E-state index >= 15 is 0 Å².